The Labute approximate surface area is 156 Å². The van der Waals surface area contributed by atoms with Crippen LogP contribution < -0.4 is 5.43 Å². The molecule has 1 heterocycles. The van der Waals surface area contributed by atoms with E-state index in [0.717, 1.165) is 27.7 Å². The van der Waals surface area contributed by atoms with Crippen LogP contribution in [0.5, 0.6) is 0 Å². The molecule has 0 aliphatic heterocycles. The number of benzene rings is 2. The Morgan fingerprint density at radius 1 is 1.12 bits per heavy atom. The lowest BCUT2D eigenvalue weighted by Gasteiger charge is -2.05. The van der Waals surface area contributed by atoms with E-state index in [-0.39, 0.29) is 5.91 Å². The number of amides is 1. The largest absolute Gasteiger partial charge is 0.312 e. The first-order valence-electron chi connectivity index (χ1n) is 8.09. The molecule has 0 bridgehead atoms. The second-order valence-electron chi connectivity index (χ2n) is 5.71. The summed E-state index contributed by atoms with van der Waals surface area (Å²) in [6, 6.07) is 17.2. The molecule has 132 valence electrons. The van der Waals surface area contributed by atoms with Crippen molar-refractivity contribution < 1.29 is 4.79 Å². The minimum atomic E-state index is -0.229. The third-order valence-electron chi connectivity index (χ3n) is 3.77. The predicted molar refractivity (Wildman–Crippen MR) is 103 cm³/mol. The number of carbonyl (C=O) groups excluding carboxylic acids is 1. The second kappa shape index (κ2) is 8.44. The molecule has 1 aromatic heterocycles. The van der Waals surface area contributed by atoms with Gasteiger partial charge in [-0.15, -0.1) is 10.2 Å². The van der Waals surface area contributed by atoms with E-state index in [9.17, 15) is 4.79 Å². The van der Waals surface area contributed by atoms with Gasteiger partial charge in [0.15, 0.2) is 5.16 Å². The van der Waals surface area contributed by atoms with Crippen LogP contribution in [0.2, 0.25) is 0 Å². The molecule has 0 radical (unpaired) electrons. The number of nitrogens with one attached hydrogen (secondary N) is 1. The summed E-state index contributed by atoms with van der Waals surface area (Å²) in [7, 11) is 1.91. The summed E-state index contributed by atoms with van der Waals surface area (Å²) in [4.78, 5) is 12.2. The second-order valence-corrected chi connectivity index (χ2v) is 6.66. The van der Waals surface area contributed by atoms with Gasteiger partial charge in [-0.25, -0.2) is 5.43 Å². The smallest absolute Gasteiger partial charge is 0.271 e. The molecule has 0 aliphatic carbocycles. The van der Waals surface area contributed by atoms with Gasteiger partial charge in [-0.1, -0.05) is 54.2 Å². The molecule has 2 aromatic carbocycles. The van der Waals surface area contributed by atoms with E-state index in [0.29, 0.717) is 5.56 Å². The number of aryl methyl sites for hydroxylation is 1. The highest BCUT2D eigenvalue weighted by Gasteiger charge is 2.06. The average molecular weight is 365 g/mol. The lowest BCUT2D eigenvalue weighted by atomic mass is 10.1. The van der Waals surface area contributed by atoms with E-state index in [4.69, 9.17) is 0 Å². The maximum atomic E-state index is 12.2. The number of hydrogen-bond acceptors (Lipinski definition) is 5. The molecule has 0 spiro atoms. The van der Waals surface area contributed by atoms with Crippen molar-refractivity contribution in [3.63, 3.8) is 0 Å². The molecule has 0 saturated carbocycles. The Morgan fingerprint density at radius 3 is 2.50 bits per heavy atom. The van der Waals surface area contributed by atoms with Gasteiger partial charge in [0.1, 0.15) is 6.33 Å². The van der Waals surface area contributed by atoms with E-state index in [1.54, 1.807) is 30.2 Å². The molecule has 0 aliphatic rings. The lowest BCUT2D eigenvalue weighted by molar-refractivity contribution is 0.0955. The Balaban J connectivity index is 1.57. The molecule has 0 atom stereocenters. The summed E-state index contributed by atoms with van der Waals surface area (Å²) in [5.74, 6) is 0.535. The predicted octanol–water partition coefficient (Wildman–Crippen LogP) is 3.26. The quantitative estimate of drug-likeness (QED) is 0.413. The third-order valence-corrected chi connectivity index (χ3v) is 4.88. The fourth-order valence-electron chi connectivity index (χ4n) is 2.25. The highest BCUT2D eigenvalue weighted by molar-refractivity contribution is 7.98. The third kappa shape index (κ3) is 4.58. The minimum absolute atomic E-state index is 0.229. The number of hydrazone groups is 1. The van der Waals surface area contributed by atoms with Crippen LogP contribution in [-0.2, 0) is 12.8 Å². The van der Waals surface area contributed by atoms with Crippen LogP contribution in [0.25, 0.3) is 0 Å². The molecule has 26 heavy (non-hydrogen) atoms. The van der Waals surface area contributed by atoms with Crippen LogP contribution in [0.1, 0.15) is 28.4 Å². The monoisotopic (exact) mass is 365 g/mol. The first kappa shape index (κ1) is 17.9. The van der Waals surface area contributed by atoms with Gasteiger partial charge in [0.2, 0.25) is 0 Å². The average Bonchev–Trinajstić information content (AvgIpc) is 3.10. The van der Waals surface area contributed by atoms with Gasteiger partial charge in [0.05, 0.1) is 5.71 Å². The summed E-state index contributed by atoms with van der Waals surface area (Å²) in [5.41, 5.74) is 6.02. The van der Waals surface area contributed by atoms with E-state index < -0.39 is 0 Å². The minimum Gasteiger partial charge on any atom is -0.312 e. The molecular weight excluding hydrogens is 346 g/mol. The van der Waals surface area contributed by atoms with Crippen molar-refractivity contribution in [1.29, 1.82) is 0 Å². The Bertz CT molecular complexity index is 903. The number of hydrogen-bond donors (Lipinski definition) is 1. The molecule has 0 fully saturated rings. The van der Waals surface area contributed by atoms with Gasteiger partial charge in [-0.3, -0.25) is 4.79 Å². The molecule has 1 N–H and O–H groups in total. The summed E-state index contributed by atoms with van der Waals surface area (Å²) in [6.07, 6.45) is 1.67. The molecular formula is C19H19N5OS. The number of aromatic nitrogens is 3. The topological polar surface area (TPSA) is 72.2 Å². The fraction of sp³-hybridized carbons (Fsp3) is 0.158. The van der Waals surface area contributed by atoms with Crippen LogP contribution in [0.4, 0.5) is 0 Å². The molecule has 0 saturated heterocycles. The number of nitrogens with zero attached hydrogens (tertiary/aromatic N) is 4. The van der Waals surface area contributed by atoms with E-state index in [2.05, 4.69) is 20.7 Å². The van der Waals surface area contributed by atoms with Crippen molar-refractivity contribution in [3.8, 4) is 0 Å². The van der Waals surface area contributed by atoms with Crippen molar-refractivity contribution >= 4 is 23.4 Å². The first-order valence-corrected chi connectivity index (χ1v) is 9.08. The van der Waals surface area contributed by atoms with Crippen LogP contribution in [0.3, 0.4) is 0 Å². The van der Waals surface area contributed by atoms with Gasteiger partial charge in [0.25, 0.3) is 5.91 Å². The summed E-state index contributed by atoms with van der Waals surface area (Å²) < 4.78 is 1.87. The standard InChI is InChI=1S/C19H19N5OS/c1-14(16-6-4-3-5-7-16)21-22-18(25)17-10-8-15(9-11-17)12-26-19-23-20-13-24(19)2/h3-11,13H,12H2,1-2H3,(H,22,25)/b21-14+. The van der Waals surface area contributed by atoms with Crippen LogP contribution in [0, 0.1) is 0 Å². The normalized spacial score (nSPS) is 11.4. The Hall–Kier alpha value is -2.93. The van der Waals surface area contributed by atoms with Crippen LogP contribution in [0.15, 0.2) is 71.2 Å². The highest BCUT2D eigenvalue weighted by atomic mass is 32.2. The van der Waals surface area contributed by atoms with Gasteiger partial charge < -0.3 is 4.57 Å². The molecule has 3 aromatic rings. The van der Waals surface area contributed by atoms with Crippen molar-refractivity contribution in [3.05, 3.63) is 77.6 Å². The summed E-state index contributed by atoms with van der Waals surface area (Å²) in [6.45, 7) is 1.86. The van der Waals surface area contributed by atoms with Gasteiger partial charge in [0, 0.05) is 18.4 Å². The number of thioether (sulfide) groups is 1. The molecule has 0 unspecified atom stereocenters. The zero-order valence-corrected chi connectivity index (χ0v) is 15.4. The van der Waals surface area contributed by atoms with Gasteiger partial charge in [-0.2, -0.15) is 5.10 Å². The molecule has 6 nitrogen and oxygen atoms in total. The fourth-order valence-corrected chi connectivity index (χ4v) is 3.09. The van der Waals surface area contributed by atoms with Crippen molar-refractivity contribution in [2.45, 2.75) is 17.8 Å². The zero-order chi connectivity index (χ0) is 18.4. The van der Waals surface area contributed by atoms with Crippen LogP contribution in [-0.4, -0.2) is 26.4 Å². The number of rotatable bonds is 6. The maximum absolute atomic E-state index is 12.2. The van der Waals surface area contributed by atoms with Crippen molar-refractivity contribution in [1.82, 2.24) is 20.2 Å². The molecule has 3 rings (SSSR count). The molecule has 7 heteroatoms. The van der Waals surface area contributed by atoms with Gasteiger partial charge in [-0.05, 0) is 30.2 Å². The van der Waals surface area contributed by atoms with E-state index >= 15 is 0 Å². The highest BCUT2D eigenvalue weighted by Crippen LogP contribution is 2.20. The van der Waals surface area contributed by atoms with E-state index in [1.807, 2.05) is 61.0 Å². The zero-order valence-electron chi connectivity index (χ0n) is 14.6. The molecule has 1 amide bonds. The Kier molecular flexibility index (Phi) is 5.80. The Morgan fingerprint density at radius 2 is 1.85 bits per heavy atom. The maximum Gasteiger partial charge on any atom is 0.271 e. The first-order chi connectivity index (χ1) is 12.6. The van der Waals surface area contributed by atoms with Crippen molar-refractivity contribution in [2.24, 2.45) is 12.1 Å². The van der Waals surface area contributed by atoms with E-state index in [1.165, 1.54) is 0 Å². The van der Waals surface area contributed by atoms with Crippen molar-refractivity contribution in [2.75, 3.05) is 0 Å². The van der Waals surface area contributed by atoms with Crippen LogP contribution >= 0.6 is 11.8 Å². The summed E-state index contributed by atoms with van der Waals surface area (Å²) >= 11 is 1.60. The van der Waals surface area contributed by atoms with Gasteiger partial charge >= 0.3 is 0 Å². The summed E-state index contributed by atoms with van der Waals surface area (Å²) in [5, 5.41) is 12.9. The SMILES string of the molecule is C/C(=N\NC(=O)c1ccc(CSc2nncn2C)cc1)c1ccccc1. The lowest BCUT2D eigenvalue weighted by Crippen LogP contribution is -2.19. The number of carbonyl (C=O) groups is 1.